The lowest BCUT2D eigenvalue weighted by Gasteiger charge is -2.41. The van der Waals surface area contributed by atoms with E-state index in [4.69, 9.17) is 0 Å². The second-order valence-corrected chi connectivity index (χ2v) is 6.10. The largest absolute Gasteiger partial charge is 0.365 e. The summed E-state index contributed by atoms with van der Waals surface area (Å²) in [6, 6.07) is 7.71. The summed E-state index contributed by atoms with van der Waals surface area (Å²) in [4.78, 5) is 2.54. The van der Waals surface area contributed by atoms with Crippen molar-refractivity contribution in [1.29, 1.82) is 0 Å². The summed E-state index contributed by atoms with van der Waals surface area (Å²) in [5.74, 6) is 0. The van der Waals surface area contributed by atoms with Gasteiger partial charge in [-0.1, -0.05) is 25.5 Å². The Hall–Kier alpha value is -0.540. The minimum atomic E-state index is 0.552. The van der Waals surface area contributed by atoms with Gasteiger partial charge in [-0.3, -0.25) is 0 Å². The Morgan fingerprint density at radius 2 is 2.22 bits per heavy atom. The molecule has 0 aromatic heterocycles. The van der Waals surface area contributed by atoms with Gasteiger partial charge in [-0.25, -0.2) is 0 Å². The van der Waals surface area contributed by atoms with E-state index in [1.807, 2.05) is 0 Å². The van der Waals surface area contributed by atoms with Crippen molar-refractivity contribution in [2.24, 2.45) is 0 Å². The van der Waals surface area contributed by atoms with Crippen LogP contribution in [0.5, 0.6) is 0 Å². The summed E-state index contributed by atoms with van der Waals surface area (Å²) in [6.07, 6.45) is 2.50. The molecule has 2 unspecified atom stereocenters. The summed E-state index contributed by atoms with van der Waals surface area (Å²) in [7, 11) is 0. The molecule has 1 heterocycles. The number of piperazine rings is 1. The van der Waals surface area contributed by atoms with E-state index in [9.17, 15) is 0 Å². The number of hydrogen-bond donors (Lipinski definition) is 1. The van der Waals surface area contributed by atoms with Crippen molar-refractivity contribution in [1.82, 2.24) is 5.32 Å². The molecule has 0 radical (unpaired) electrons. The molecule has 100 valence electrons. The van der Waals surface area contributed by atoms with Crippen molar-refractivity contribution in [2.75, 3.05) is 18.0 Å². The second-order valence-electron chi connectivity index (χ2n) is 5.30. The lowest BCUT2D eigenvalue weighted by Crippen LogP contribution is -2.55. The van der Waals surface area contributed by atoms with Crippen LogP contribution in [0.25, 0.3) is 0 Å². The third kappa shape index (κ3) is 2.89. The van der Waals surface area contributed by atoms with Gasteiger partial charge < -0.3 is 10.2 Å². The number of nitrogens with one attached hydrogen (secondary N) is 1. The van der Waals surface area contributed by atoms with Crippen molar-refractivity contribution in [3.8, 4) is 0 Å². The summed E-state index contributed by atoms with van der Waals surface area (Å²) < 4.78 is 1.24. The van der Waals surface area contributed by atoms with Gasteiger partial charge in [0.15, 0.2) is 0 Å². The van der Waals surface area contributed by atoms with Crippen LogP contribution in [-0.2, 0) is 0 Å². The number of aryl methyl sites for hydroxylation is 1. The number of benzene rings is 1. The maximum atomic E-state index is 3.74. The first-order valence-electron chi connectivity index (χ1n) is 6.88. The molecule has 0 bridgehead atoms. The quantitative estimate of drug-likeness (QED) is 0.915. The molecule has 1 fully saturated rings. The topological polar surface area (TPSA) is 15.3 Å². The fourth-order valence-electron chi connectivity index (χ4n) is 2.66. The van der Waals surface area contributed by atoms with Crippen molar-refractivity contribution in [3.05, 3.63) is 28.2 Å². The van der Waals surface area contributed by atoms with E-state index in [0.717, 1.165) is 13.1 Å². The zero-order chi connectivity index (χ0) is 13.1. The molecular formula is C15H23BrN2. The van der Waals surface area contributed by atoms with E-state index in [1.165, 1.54) is 28.6 Å². The van der Waals surface area contributed by atoms with E-state index in [-0.39, 0.29) is 0 Å². The van der Waals surface area contributed by atoms with Gasteiger partial charge in [-0.15, -0.1) is 0 Å². The highest BCUT2D eigenvalue weighted by atomic mass is 79.9. The fourth-order valence-corrected chi connectivity index (χ4v) is 3.15. The Morgan fingerprint density at radius 1 is 1.44 bits per heavy atom. The normalized spacial score (nSPS) is 24.3. The number of halogens is 1. The minimum absolute atomic E-state index is 0.552. The first-order valence-corrected chi connectivity index (χ1v) is 7.68. The van der Waals surface area contributed by atoms with Crippen LogP contribution in [0.4, 0.5) is 5.69 Å². The van der Waals surface area contributed by atoms with Gasteiger partial charge in [-0.05, 0) is 47.8 Å². The van der Waals surface area contributed by atoms with Crippen LogP contribution in [0, 0.1) is 6.92 Å². The van der Waals surface area contributed by atoms with Crippen LogP contribution < -0.4 is 10.2 Å². The molecule has 2 rings (SSSR count). The second kappa shape index (κ2) is 6.07. The molecule has 1 aliphatic heterocycles. The molecule has 1 aromatic carbocycles. The molecule has 0 aliphatic carbocycles. The summed E-state index contributed by atoms with van der Waals surface area (Å²) >= 11 is 3.74. The van der Waals surface area contributed by atoms with Crippen LogP contribution in [-0.4, -0.2) is 25.2 Å². The monoisotopic (exact) mass is 310 g/mol. The van der Waals surface area contributed by atoms with Crippen LogP contribution in [0.15, 0.2) is 22.7 Å². The fraction of sp³-hybridized carbons (Fsp3) is 0.600. The highest BCUT2D eigenvalue weighted by Gasteiger charge is 2.25. The van der Waals surface area contributed by atoms with Crippen LogP contribution in [0.1, 0.15) is 32.3 Å². The van der Waals surface area contributed by atoms with Crippen LogP contribution in [0.3, 0.4) is 0 Å². The smallest absolute Gasteiger partial charge is 0.0516 e. The number of anilines is 1. The minimum Gasteiger partial charge on any atom is -0.365 e. The van der Waals surface area contributed by atoms with Gasteiger partial charge in [0.25, 0.3) is 0 Å². The molecule has 2 atom stereocenters. The van der Waals surface area contributed by atoms with Crippen molar-refractivity contribution in [3.63, 3.8) is 0 Å². The Kier molecular flexibility index (Phi) is 4.68. The van der Waals surface area contributed by atoms with Gasteiger partial charge in [0.1, 0.15) is 0 Å². The van der Waals surface area contributed by atoms with Gasteiger partial charge in [0.2, 0.25) is 0 Å². The highest BCUT2D eigenvalue weighted by molar-refractivity contribution is 9.10. The third-order valence-electron chi connectivity index (χ3n) is 3.77. The summed E-state index contributed by atoms with van der Waals surface area (Å²) in [5, 5.41) is 3.65. The molecule has 1 aromatic rings. The maximum absolute atomic E-state index is 3.74. The van der Waals surface area contributed by atoms with Crippen molar-refractivity contribution < 1.29 is 0 Å². The molecule has 1 saturated heterocycles. The Morgan fingerprint density at radius 3 is 2.94 bits per heavy atom. The molecular weight excluding hydrogens is 288 g/mol. The van der Waals surface area contributed by atoms with Gasteiger partial charge >= 0.3 is 0 Å². The SMILES string of the molecule is CCCC1CN(c2cccc(C)c2Br)C(C)CN1. The van der Waals surface area contributed by atoms with Gasteiger partial charge in [-0.2, -0.15) is 0 Å². The lowest BCUT2D eigenvalue weighted by atomic mass is 10.0. The molecule has 2 nitrogen and oxygen atoms in total. The van der Waals surface area contributed by atoms with Crippen molar-refractivity contribution in [2.45, 2.75) is 45.7 Å². The Balaban J connectivity index is 2.21. The van der Waals surface area contributed by atoms with E-state index >= 15 is 0 Å². The van der Waals surface area contributed by atoms with Gasteiger partial charge in [0, 0.05) is 29.6 Å². The Bertz CT molecular complexity index is 405. The first kappa shape index (κ1) is 13.9. The molecule has 0 saturated carbocycles. The van der Waals surface area contributed by atoms with E-state index < -0.39 is 0 Å². The standard InChI is InChI=1S/C15H23BrN2/c1-4-6-13-10-18(12(3)9-17-13)14-8-5-7-11(2)15(14)16/h5,7-8,12-13,17H,4,6,9-10H2,1-3H3. The van der Waals surface area contributed by atoms with Crippen LogP contribution in [0.2, 0.25) is 0 Å². The van der Waals surface area contributed by atoms with E-state index in [2.05, 4.69) is 65.1 Å². The lowest BCUT2D eigenvalue weighted by molar-refractivity contribution is 0.386. The third-order valence-corrected chi connectivity index (χ3v) is 4.80. The van der Waals surface area contributed by atoms with E-state index in [1.54, 1.807) is 0 Å². The van der Waals surface area contributed by atoms with E-state index in [0.29, 0.717) is 12.1 Å². The zero-order valence-corrected chi connectivity index (χ0v) is 13.1. The molecule has 1 aliphatic rings. The average Bonchev–Trinajstić information content (AvgIpc) is 2.36. The number of nitrogens with zero attached hydrogens (tertiary/aromatic N) is 1. The van der Waals surface area contributed by atoms with Crippen LogP contribution >= 0.6 is 15.9 Å². The zero-order valence-electron chi connectivity index (χ0n) is 11.5. The molecule has 3 heteroatoms. The highest BCUT2D eigenvalue weighted by Crippen LogP contribution is 2.31. The summed E-state index contributed by atoms with van der Waals surface area (Å²) in [6.45, 7) is 8.89. The van der Waals surface area contributed by atoms with Gasteiger partial charge in [0.05, 0.1) is 5.69 Å². The molecule has 0 amide bonds. The predicted molar refractivity (Wildman–Crippen MR) is 82.4 cm³/mol. The predicted octanol–water partition coefficient (Wildman–Crippen LogP) is 3.72. The molecule has 18 heavy (non-hydrogen) atoms. The first-order chi connectivity index (χ1) is 8.63. The summed E-state index contributed by atoms with van der Waals surface area (Å²) in [5.41, 5.74) is 2.65. The Labute approximate surface area is 119 Å². The molecule has 0 spiro atoms. The number of rotatable bonds is 3. The number of hydrogen-bond acceptors (Lipinski definition) is 2. The molecule has 1 N–H and O–H groups in total. The maximum Gasteiger partial charge on any atom is 0.0516 e. The average molecular weight is 311 g/mol. The van der Waals surface area contributed by atoms with Crippen molar-refractivity contribution >= 4 is 21.6 Å².